The van der Waals surface area contributed by atoms with Crippen molar-refractivity contribution in [3.8, 4) is 0 Å². The van der Waals surface area contributed by atoms with Gasteiger partial charge in [-0.3, -0.25) is 4.79 Å². The molecule has 1 aromatic carbocycles. The number of benzene rings is 1. The Hall–Kier alpha value is -2.28. The molecule has 24 heavy (non-hydrogen) atoms. The zero-order chi connectivity index (χ0) is 17.7. The van der Waals surface area contributed by atoms with E-state index in [9.17, 15) is 4.79 Å². The van der Waals surface area contributed by atoms with Crippen LogP contribution < -0.4 is 16.8 Å². The number of nitrogens with one attached hydrogen (secondary N) is 1. The predicted molar refractivity (Wildman–Crippen MR) is 100.0 cm³/mol. The van der Waals surface area contributed by atoms with Gasteiger partial charge >= 0.3 is 0 Å². The van der Waals surface area contributed by atoms with E-state index in [0.29, 0.717) is 22.7 Å². The molecule has 1 heterocycles. The van der Waals surface area contributed by atoms with Crippen molar-refractivity contribution in [2.45, 2.75) is 43.5 Å². The van der Waals surface area contributed by atoms with Gasteiger partial charge in [0.15, 0.2) is 5.16 Å². The number of rotatable bonds is 6. The molecule has 128 valence electrons. The van der Waals surface area contributed by atoms with Crippen LogP contribution in [0.3, 0.4) is 0 Å². The van der Waals surface area contributed by atoms with Crippen molar-refractivity contribution in [3.05, 3.63) is 35.9 Å². The van der Waals surface area contributed by atoms with Gasteiger partial charge in [-0.2, -0.15) is 0 Å². The molecule has 0 aliphatic heterocycles. The first-order valence-corrected chi connectivity index (χ1v) is 8.75. The fourth-order valence-corrected chi connectivity index (χ4v) is 3.02. The molecule has 5 N–H and O–H groups in total. The van der Waals surface area contributed by atoms with E-state index in [1.807, 2.05) is 24.3 Å². The lowest BCUT2D eigenvalue weighted by atomic mass is 9.97. The van der Waals surface area contributed by atoms with Crippen molar-refractivity contribution in [3.63, 3.8) is 0 Å². The molecule has 7 heteroatoms. The van der Waals surface area contributed by atoms with E-state index >= 15 is 0 Å². The van der Waals surface area contributed by atoms with Crippen molar-refractivity contribution < 1.29 is 4.79 Å². The number of nitrogen functional groups attached to an aromatic ring is 2. The maximum Gasteiger partial charge on any atom is 0.237 e. The van der Waals surface area contributed by atoms with Crippen molar-refractivity contribution in [2.24, 2.45) is 0 Å². The average molecular weight is 345 g/mol. The van der Waals surface area contributed by atoms with E-state index in [4.69, 9.17) is 11.5 Å². The Kier molecular flexibility index (Phi) is 6.03. The average Bonchev–Trinajstić information content (AvgIpc) is 2.53. The molecule has 2 aromatic rings. The standard InChI is InChI=1S/C17H23N5OS/c1-4-10(2)12-7-5-6-8-13(12)20-16(23)11(3)24-17-21-14(18)9-15(19)22-17/h5-11H,4H2,1-3H3,(H,20,23)(H4,18,19,21,22)/t10-,11-/m0/s1. The van der Waals surface area contributed by atoms with Gasteiger partial charge in [-0.1, -0.05) is 43.8 Å². The van der Waals surface area contributed by atoms with Crippen molar-refractivity contribution in [2.75, 3.05) is 16.8 Å². The molecule has 0 saturated heterocycles. The SMILES string of the molecule is CC[C@H](C)c1ccccc1NC(=O)[C@H](C)Sc1nc(N)cc(N)n1. The summed E-state index contributed by atoms with van der Waals surface area (Å²) in [6.07, 6.45) is 1.01. The minimum atomic E-state index is -0.379. The minimum Gasteiger partial charge on any atom is -0.383 e. The Morgan fingerprint density at radius 1 is 1.21 bits per heavy atom. The van der Waals surface area contributed by atoms with Crippen LogP contribution in [0.25, 0.3) is 0 Å². The zero-order valence-electron chi connectivity index (χ0n) is 14.1. The van der Waals surface area contributed by atoms with E-state index in [1.54, 1.807) is 6.92 Å². The number of carbonyl (C=O) groups is 1. The van der Waals surface area contributed by atoms with Crippen molar-refractivity contribution in [1.29, 1.82) is 0 Å². The van der Waals surface area contributed by atoms with Gasteiger partial charge in [0.05, 0.1) is 5.25 Å². The maximum atomic E-state index is 12.5. The smallest absolute Gasteiger partial charge is 0.237 e. The zero-order valence-corrected chi connectivity index (χ0v) is 14.9. The molecule has 0 fully saturated rings. The molecule has 1 amide bonds. The van der Waals surface area contributed by atoms with Crippen LogP contribution in [-0.2, 0) is 4.79 Å². The molecule has 2 rings (SSSR count). The summed E-state index contributed by atoms with van der Waals surface area (Å²) < 4.78 is 0. The molecule has 0 bridgehead atoms. The number of aromatic nitrogens is 2. The van der Waals surface area contributed by atoms with Crippen LogP contribution in [0.1, 0.15) is 38.7 Å². The van der Waals surface area contributed by atoms with E-state index in [2.05, 4.69) is 29.1 Å². The summed E-state index contributed by atoms with van der Waals surface area (Å²) in [5.41, 5.74) is 13.3. The van der Waals surface area contributed by atoms with Crippen LogP contribution in [0.4, 0.5) is 17.3 Å². The van der Waals surface area contributed by atoms with Crippen molar-refractivity contribution >= 4 is 35.0 Å². The monoisotopic (exact) mass is 345 g/mol. The number of carbonyl (C=O) groups excluding carboxylic acids is 1. The van der Waals surface area contributed by atoms with Crippen LogP contribution in [0.2, 0.25) is 0 Å². The number of nitrogens with zero attached hydrogens (tertiary/aromatic N) is 2. The summed E-state index contributed by atoms with van der Waals surface area (Å²) in [5.74, 6) is 0.848. The van der Waals surface area contributed by atoms with Crippen LogP contribution in [-0.4, -0.2) is 21.1 Å². The third-order valence-corrected chi connectivity index (χ3v) is 4.72. The lowest BCUT2D eigenvalue weighted by Gasteiger charge is -2.17. The van der Waals surface area contributed by atoms with Gasteiger partial charge < -0.3 is 16.8 Å². The van der Waals surface area contributed by atoms with Gasteiger partial charge in [-0.15, -0.1) is 0 Å². The molecule has 1 aromatic heterocycles. The van der Waals surface area contributed by atoms with Gasteiger partial charge in [0.2, 0.25) is 5.91 Å². The van der Waals surface area contributed by atoms with Crippen LogP contribution in [0.5, 0.6) is 0 Å². The lowest BCUT2D eigenvalue weighted by Crippen LogP contribution is -2.23. The van der Waals surface area contributed by atoms with Crippen LogP contribution >= 0.6 is 11.8 Å². The molecule has 0 radical (unpaired) electrons. The summed E-state index contributed by atoms with van der Waals surface area (Å²) in [4.78, 5) is 20.7. The summed E-state index contributed by atoms with van der Waals surface area (Å²) in [6, 6.07) is 9.35. The number of amides is 1. The quantitative estimate of drug-likeness (QED) is 0.548. The number of anilines is 3. The highest BCUT2D eigenvalue weighted by Gasteiger charge is 2.18. The Bertz CT molecular complexity index is 702. The molecule has 6 nitrogen and oxygen atoms in total. The highest BCUT2D eigenvalue weighted by atomic mass is 32.2. The van der Waals surface area contributed by atoms with E-state index in [1.165, 1.54) is 17.8 Å². The Morgan fingerprint density at radius 2 is 1.83 bits per heavy atom. The second-order valence-electron chi connectivity index (χ2n) is 5.65. The number of hydrogen-bond acceptors (Lipinski definition) is 6. The highest BCUT2D eigenvalue weighted by Crippen LogP contribution is 2.28. The molecule has 0 unspecified atom stereocenters. The van der Waals surface area contributed by atoms with E-state index < -0.39 is 0 Å². The van der Waals surface area contributed by atoms with Crippen LogP contribution in [0, 0.1) is 0 Å². The summed E-state index contributed by atoms with van der Waals surface area (Å²) >= 11 is 1.23. The predicted octanol–water partition coefficient (Wildman–Crippen LogP) is 3.27. The molecule has 0 aliphatic rings. The van der Waals surface area contributed by atoms with Gasteiger partial charge in [0, 0.05) is 11.8 Å². The number of para-hydroxylation sites is 1. The van der Waals surface area contributed by atoms with Crippen LogP contribution in [0.15, 0.2) is 35.5 Å². The maximum absolute atomic E-state index is 12.5. The first kappa shape index (κ1) is 18.1. The fourth-order valence-electron chi connectivity index (χ4n) is 2.22. The molecule has 2 atom stereocenters. The summed E-state index contributed by atoms with van der Waals surface area (Å²) in [6.45, 7) is 6.07. The van der Waals surface area contributed by atoms with Gasteiger partial charge in [-0.05, 0) is 30.9 Å². The Morgan fingerprint density at radius 3 is 2.46 bits per heavy atom. The largest absolute Gasteiger partial charge is 0.383 e. The third-order valence-electron chi connectivity index (χ3n) is 3.76. The minimum absolute atomic E-state index is 0.111. The third kappa shape index (κ3) is 4.61. The van der Waals surface area contributed by atoms with Gasteiger partial charge in [0.25, 0.3) is 0 Å². The molecular formula is C17H23N5OS. The summed E-state index contributed by atoms with van der Waals surface area (Å²) in [5, 5.41) is 3.01. The van der Waals surface area contributed by atoms with Crippen molar-refractivity contribution in [1.82, 2.24) is 9.97 Å². The first-order valence-electron chi connectivity index (χ1n) is 7.87. The molecule has 0 spiro atoms. The number of thioether (sulfide) groups is 1. The lowest BCUT2D eigenvalue weighted by molar-refractivity contribution is -0.115. The number of hydrogen-bond donors (Lipinski definition) is 3. The Balaban J connectivity index is 2.09. The molecular weight excluding hydrogens is 322 g/mol. The normalized spacial score (nSPS) is 13.3. The molecule has 0 aliphatic carbocycles. The summed E-state index contributed by atoms with van der Waals surface area (Å²) in [7, 11) is 0. The number of nitrogens with two attached hydrogens (primary N) is 2. The second-order valence-corrected chi connectivity index (χ2v) is 6.95. The fraction of sp³-hybridized carbons (Fsp3) is 0.353. The Labute approximate surface area is 146 Å². The van der Waals surface area contributed by atoms with Gasteiger partial charge in [0.1, 0.15) is 11.6 Å². The second kappa shape index (κ2) is 8.01. The van der Waals surface area contributed by atoms with E-state index in [0.717, 1.165) is 17.7 Å². The molecule has 0 saturated carbocycles. The van der Waals surface area contributed by atoms with Gasteiger partial charge in [-0.25, -0.2) is 9.97 Å². The van der Waals surface area contributed by atoms with E-state index in [-0.39, 0.29) is 11.2 Å². The highest BCUT2D eigenvalue weighted by molar-refractivity contribution is 8.00. The first-order chi connectivity index (χ1) is 11.4. The topological polar surface area (TPSA) is 107 Å².